The summed E-state index contributed by atoms with van der Waals surface area (Å²) in [5.74, 6) is 0. The minimum absolute atomic E-state index is 0.121. The summed E-state index contributed by atoms with van der Waals surface area (Å²) in [6.07, 6.45) is 5.73. The molecule has 0 amide bonds. The Morgan fingerprint density at radius 3 is 2.59 bits per heavy atom. The van der Waals surface area contributed by atoms with Crippen LogP contribution in [0, 0.1) is 13.8 Å². The Labute approximate surface area is 109 Å². The molecular weight excluding hydrogens is 228 g/mol. The second-order valence-electron chi connectivity index (χ2n) is 5.11. The lowest BCUT2D eigenvalue weighted by atomic mass is 10.1. The molecule has 94 valence electrons. The Morgan fingerprint density at radius 2 is 1.82 bits per heavy atom. The van der Waals surface area contributed by atoms with Crippen molar-refractivity contribution in [2.75, 3.05) is 0 Å². The quantitative estimate of drug-likeness (QED) is 0.798. The van der Waals surface area contributed by atoms with Crippen molar-refractivity contribution >= 4 is 11.8 Å². The summed E-state index contributed by atoms with van der Waals surface area (Å²) >= 11 is 1.86. The molecule has 0 radical (unpaired) electrons. The van der Waals surface area contributed by atoms with Crippen LogP contribution < -0.4 is 0 Å². The molecule has 2 rings (SSSR count). The van der Waals surface area contributed by atoms with Gasteiger partial charge in [0, 0.05) is 10.1 Å². The zero-order chi connectivity index (χ0) is 12.3. The maximum absolute atomic E-state index is 10.1. The van der Waals surface area contributed by atoms with Crippen molar-refractivity contribution in [2.24, 2.45) is 0 Å². The molecule has 0 spiro atoms. The Kier molecular flexibility index (Phi) is 4.52. The lowest BCUT2D eigenvalue weighted by Gasteiger charge is -2.20. The maximum atomic E-state index is 10.1. The fourth-order valence-corrected chi connectivity index (χ4v) is 3.67. The Balaban J connectivity index is 2.05. The van der Waals surface area contributed by atoms with Gasteiger partial charge >= 0.3 is 0 Å². The molecule has 0 saturated heterocycles. The first kappa shape index (κ1) is 13.0. The van der Waals surface area contributed by atoms with Gasteiger partial charge in [0.1, 0.15) is 0 Å². The van der Waals surface area contributed by atoms with Gasteiger partial charge in [0.25, 0.3) is 0 Å². The van der Waals surface area contributed by atoms with E-state index in [0.29, 0.717) is 5.25 Å². The summed E-state index contributed by atoms with van der Waals surface area (Å²) < 4.78 is 0. The van der Waals surface area contributed by atoms with E-state index < -0.39 is 0 Å². The van der Waals surface area contributed by atoms with E-state index in [-0.39, 0.29) is 6.10 Å². The van der Waals surface area contributed by atoms with Crippen LogP contribution in [0.25, 0.3) is 0 Å². The highest BCUT2D eigenvalue weighted by Gasteiger charge is 2.22. The fraction of sp³-hybridized carbons (Fsp3) is 0.600. The summed E-state index contributed by atoms with van der Waals surface area (Å²) in [6, 6.07) is 6.61. The standard InChI is InChI=1S/C15H22OS/c1-11-8-9-13(10-12(11)2)17-15-7-5-3-4-6-14(15)16/h8-10,14-16H,3-7H2,1-2H3. The van der Waals surface area contributed by atoms with Gasteiger partial charge in [-0.3, -0.25) is 0 Å². The topological polar surface area (TPSA) is 20.2 Å². The maximum Gasteiger partial charge on any atom is 0.0662 e. The highest BCUT2D eigenvalue weighted by Crippen LogP contribution is 2.33. The monoisotopic (exact) mass is 250 g/mol. The van der Waals surface area contributed by atoms with E-state index in [2.05, 4.69) is 32.0 Å². The molecule has 1 aliphatic carbocycles. The highest BCUT2D eigenvalue weighted by atomic mass is 32.2. The summed E-state index contributed by atoms with van der Waals surface area (Å²) in [6.45, 7) is 4.30. The van der Waals surface area contributed by atoms with Crippen LogP contribution in [0.2, 0.25) is 0 Å². The molecule has 1 aromatic carbocycles. The first-order valence-electron chi connectivity index (χ1n) is 6.59. The summed E-state index contributed by atoms with van der Waals surface area (Å²) in [5.41, 5.74) is 2.69. The zero-order valence-corrected chi connectivity index (χ0v) is 11.6. The van der Waals surface area contributed by atoms with Gasteiger partial charge in [-0.1, -0.05) is 25.3 Å². The normalized spacial score (nSPS) is 25.6. The van der Waals surface area contributed by atoms with E-state index in [1.165, 1.54) is 35.3 Å². The molecule has 2 heteroatoms. The number of hydrogen-bond acceptors (Lipinski definition) is 2. The summed E-state index contributed by atoms with van der Waals surface area (Å²) in [5, 5.41) is 10.5. The van der Waals surface area contributed by atoms with E-state index in [4.69, 9.17) is 0 Å². The number of benzene rings is 1. The Bertz CT molecular complexity index is 375. The smallest absolute Gasteiger partial charge is 0.0662 e. The molecule has 2 atom stereocenters. The molecule has 2 unspecified atom stereocenters. The van der Waals surface area contributed by atoms with Gasteiger partial charge in [0.05, 0.1) is 6.10 Å². The molecule has 1 aromatic rings. The summed E-state index contributed by atoms with van der Waals surface area (Å²) in [4.78, 5) is 1.30. The van der Waals surface area contributed by atoms with Crippen LogP contribution in [-0.4, -0.2) is 16.5 Å². The number of hydrogen-bond donors (Lipinski definition) is 1. The number of thioether (sulfide) groups is 1. The second-order valence-corrected chi connectivity index (χ2v) is 6.42. The minimum Gasteiger partial charge on any atom is -0.392 e. The van der Waals surface area contributed by atoms with Crippen molar-refractivity contribution < 1.29 is 5.11 Å². The van der Waals surface area contributed by atoms with Gasteiger partial charge in [-0.15, -0.1) is 11.8 Å². The number of aryl methyl sites for hydroxylation is 2. The predicted molar refractivity (Wildman–Crippen MR) is 74.7 cm³/mol. The van der Waals surface area contributed by atoms with E-state index in [0.717, 1.165) is 12.8 Å². The molecule has 17 heavy (non-hydrogen) atoms. The van der Waals surface area contributed by atoms with Crippen LogP contribution in [0.15, 0.2) is 23.1 Å². The average molecular weight is 250 g/mol. The molecule has 0 bridgehead atoms. The van der Waals surface area contributed by atoms with E-state index in [1.807, 2.05) is 11.8 Å². The molecule has 1 saturated carbocycles. The second kappa shape index (κ2) is 5.92. The third kappa shape index (κ3) is 3.49. The van der Waals surface area contributed by atoms with E-state index >= 15 is 0 Å². The third-order valence-corrected chi connectivity index (χ3v) is 5.06. The van der Waals surface area contributed by atoms with Crippen molar-refractivity contribution in [1.29, 1.82) is 0 Å². The van der Waals surface area contributed by atoms with Crippen molar-refractivity contribution in [2.45, 2.75) is 62.2 Å². The van der Waals surface area contributed by atoms with Gasteiger partial charge in [-0.05, 0) is 49.9 Å². The van der Waals surface area contributed by atoms with Crippen molar-refractivity contribution in [1.82, 2.24) is 0 Å². The number of aliphatic hydroxyl groups excluding tert-OH is 1. The average Bonchev–Trinajstić information content (AvgIpc) is 2.50. The van der Waals surface area contributed by atoms with Crippen LogP contribution >= 0.6 is 11.8 Å². The van der Waals surface area contributed by atoms with Crippen LogP contribution in [0.1, 0.15) is 43.2 Å². The van der Waals surface area contributed by atoms with Crippen LogP contribution in [0.5, 0.6) is 0 Å². The molecule has 1 aliphatic rings. The minimum atomic E-state index is -0.121. The lowest BCUT2D eigenvalue weighted by molar-refractivity contribution is 0.163. The third-order valence-electron chi connectivity index (χ3n) is 3.68. The van der Waals surface area contributed by atoms with Gasteiger partial charge in [-0.25, -0.2) is 0 Å². The summed E-state index contributed by atoms with van der Waals surface area (Å²) in [7, 11) is 0. The van der Waals surface area contributed by atoms with Gasteiger partial charge in [0.2, 0.25) is 0 Å². The Morgan fingerprint density at radius 1 is 1.06 bits per heavy atom. The van der Waals surface area contributed by atoms with E-state index in [1.54, 1.807) is 0 Å². The van der Waals surface area contributed by atoms with Crippen LogP contribution in [0.4, 0.5) is 0 Å². The SMILES string of the molecule is Cc1ccc(SC2CCCCCC2O)cc1C. The van der Waals surface area contributed by atoms with Crippen molar-refractivity contribution in [3.63, 3.8) is 0 Å². The van der Waals surface area contributed by atoms with Gasteiger partial charge in [-0.2, -0.15) is 0 Å². The van der Waals surface area contributed by atoms with Crippen molar-refractivity contribution in [3.8, 4) is 0 Å². The fourth-order valence-electron chi connectivity index (χ4n) is 2.35. The van der Waals surface area contributed by atoms with Gasteiger partial charge in [0.15, 0.2) is 0 Å². The molecule has 1 nitrogen and oxygen atoms in total. The first-order chi connectivity index (χ1) is 8.16. The first-order valence-corrected chi connectivity index (χ1v) is 7.47. The van der Waals surface area contributed by atoms with E-state index in [9.17, 15) is 5.11 Å². The lowest BCUT2D eigenvalue weighted by Crippen LogP contribution is -2.21. The van der Waals surface area contributed by atoms with Crippen molar-refractivity contribution in [3.05, 3.63) is 29.3 Å². The largest absolute Gasteiger partial charge is 0.392 e. The highest BCUT2D eigenvalue weighted by molar-refractivity contribution is 8.00. The zero-order valence-electron chi connectivity index (χ0n) is 10.8. The molecule has 0 heterocycles. The Hall–Kier alpha value is -0.470. The number of rotatable bonds is 2. The molecule has 1 fully saturated rings. The van der Waals surface area contributed by atoms with Gasteiger partial charge < -0.3 is 5.11 Å². The molecule has 1 N–H and O–H groups in total. The number of aliphatic hydroxyl groups is 1. The predicted octanol–water partition coefficient (Wildman–Crippen LogP) is 4.09. The van der Waals surface area contributed by atoms with Crippen LogP contribution in [-0.2, 0) is 0 Å². The van der Waals surface area contributed by atoms with Crippen LogP contribution in [0.3, 0.4) is 0 Å². The molecule has 0 aromatic heterocycles. The molecular formula is C15H22OS. The molecule has 0 aliphatic heterocycles.